The molecule has 0 saturated heterocycles. The Hall–Kier alpha value is -1.00. The van der Waals surface area contributed by atoms with Crippen molar-refractivity contribution in [1.29, 1.82) is 0 Å². The lowest BCUT2D eigenvalue weighted by atomic mass is 10.1. The van der Waals surface area contributed by atoms with E-state index in [1.54, 1.807) is 0 Å². The summed E-state index contributed by atoms with van der Waals surface area (Å²) in [6.45, 7) is 0. The highest BCUT2D eigenvalue weighted by Gasteiger charge is 2.11. The van der Waals surface area contributed by atoms with Crippen LogP contribution in [0.4, 0.5) is 0 Å². The number of aliphatic carboxylic acids is 1. The van der Waals surface area contributed by atoms with E-state index in [1.807, 2.05) is 24.3 Å². The second-order valence-electron chi connectivity index (χ2n) is 2.82. The average molecular weight is 197 g/mol. The van der Waals surface area contributed by atoms with Gasteiger partial charge in [-0.3, -0.25) is 4.79 Å². The van der Waals surface area contributed by atoms with Gasteiger partial charge in [0.15, 0.2) is 0 Å². The second-order valence-corrected chi connectivity index (χ2v) is 3.34. The smallest absolute Gasteiger partial charge is 0.320 e. The maximum atomic E-state index is 10.4. The standard InChI is InChI=1S/C9H11NO2S/c10-8(9(11)12)5-6-2-1-3-7(13)4-6/h1-4,8,13H,5,10H2,(H,11,12)/t8-/m1/s1. The molecule has 0 aliphatic carbocycles. The minimum atomic E-state index is -0.982. The number of nitrogens with two attached hydrogens (primary N) is 1. The Balaban J connectivity index is 2.69. The third-order valence-corrected chi connectivity index (χ3v) is 1.96. The van der Waals surface area contributed by atoms with Gasteiger partial charge in [0.1, 0.15) is 6.04 Å². The molecule has 4 heteroatoms. The van der Waals surface area contributed by atoms with Crippen molar-refractivity contribution < 1.29 is 9.90 Å². The Morgan fingerprint density at radius 3 is 2.85 bits per heavy atom. The highest BCUT2D eigenvalue weighted by molar-refractivity contribution is 7.80. The van der Waals surface area contributed by atoms with E-state index in [4.69, 9.17) is 10.8 Å². The molecule has 0 aliphatic rings. The molecule has 1 rings (SSSR count). The first-order valence-corrected chi connectivity index (χ1v) is 4.30. The van der Waals surface area contributed by atoms with Crippen LogP contribution < -0.4 is 5.73 Å². The largest absolute Gasteiger partial charge is 0.480 e. The number of benzene rings is 1. The number of carboxylic acids is 1. The summed E-state index contributed by atoms with van der Waals surface area (Å²) >= 11 is 4.14. The first-order chi connectivity index (χ1) is 6.09. The highest BCUT2D eigenvalue weighted by atomic mass is 32.1. The van der Waals surface area contributed by atoms with Crippen LogP contribution in [0, 0.1) is 0 Å². The van der Waals surface area contributed by atoms with E-state index < -0.39 is 12.0 Å². The fourth-order valence-corrected chi connectivity index (χ4v) is 1.28. The van der Waals surface area contributed by atoms with E-state index in [0.717, 1.165) is 10.5 Å². The minimum absolute atomic E-state index is 0.337. The van der Waals surface area contributed by atoms with Crippen LogP contribution in [0.25, 0.3) is 0 Å². The van der Waals surface area contributed by atoms with Crippen LogP contribution in [0.3, 0.4) is 0 Å². The number of rotatable bonds is 3. The highest BCUT2D eigenvalue weighted by Crippen LogP contribution is 2.10. The molecular formula is C9H11NO2S. The molecule has 1 aromatic rings. The molecule has 3 nitrogen and oxygen atoms in total. The summed E-state index contributed by atoms with van der Waals surface area (Å²) in [7, 11) is 0. The maximum absolute atomic E-state index is 10.4. The summed E-state index contributed by atoms with van der Waals surface area (Å²) in [4.78, 5) is 11.3. The second kappa shape index (κ2) is 4.30. The summed E-state index contributed by atoms with van der Waals surface area (Å²) < 4.78 is 0. The van der Waals surface area contributed by atoms with Crippen molar-refractivity contribution in [3.63, 3.8) is 0 Å². The molecule has 13 heavy (non-hydrogen) atoms. The van der Waals surface area contributed by atoms with Gasteiger partial charge in [-0.1, -0.05) is 12.1 Å². The molecule has 1 atom stereocenters. The Morgan fingerprint density at radius 1 is 1.62 bits per heavy atom. The number of carbonyl (C=O) groups is 1. The predicted octanol–water partition coefficient (Wildman–Crippen LogP) is 0.930. The molecule has 0 aromatic heterocycles. The Morgan fingerprint density at radius 2 is 2.31 bits per heavy atom. The lowest BCUT2D eigenvalue weighted by Gasteiger charge is -2.06. The third-order valence-electron chi connectivity index (χ3n) is 1.68. The molecule has 1 aromatic carbocycles. The summed E-state index contributed by atoms with van der Waals surface area (Å²) in [5.41, 5.74) is 6.27. The Kier molecular flexibility index (Phi) is 3.33. The van der Waals surface area contributed by atoms with Gasteiger partial charge >= 0.3 is 5.97 Å². The van der Waals surface area contributed by atoms with Gasteiger partial charge in [-0.15, -0.1) is 12.6 Å². The van der Waals surface area contributed by atoms with Crippen molar-refractivity contribution in [3.05, 3.63) is 29.8 Å². The SMILES string of the molecule is N[C@H](Cc1cccc(S)c1)C(=O)O. The zero-order valence-electron chi connectivity index (χ0n) is 6.97. The van der Waals surface area contributed by atoms with Gasteiger partial charge in [-0.05, 0) is 24.1 Å². The normalized spacial score (nSPS) is 12.5. The minimum Gasteiger partial charge on any atom is -0.480 e. The van der Waals surface area contributed by atoms with Gasteiger partial charge in [0.25, 0.3) is 0 Å². The van der Waals surface area contributed by atoms with E-state index in [0.29, 0.717) is 6.42 Å². The van der Waals surface area contributed by atoms with E-state index in [2.05, 4.69) is 12.6 Å². The van der Waals surface area contributed by atoms with Crippen LogP contribution in [-0.4, -0.2) is 17.1 Å². The van der Waals surface area contributed by atoms with Crippen molar-refractivity contribution >= 4 is 18.6 Å². The summed E-state index contributed by atoms with van der Waals surface area (Å²) in [5.74, 6) is -0.982. The van der Waals surface area contributed by atoms with Gasteiger partial charge in [-0.25, -0.2) is 0 Å². The fourth-order valence-electron chi connectivity index (χ4n) is 1.02. The molecule has 0 fully saturated rings. The van der Waals surface area contributed by atoms with Crippen LogP contribution in [-0.2, 0) is 11.2 Å². The molecular weight excluding hydrogens is 186 g/mol. The van der Waals surface area contributed by atoms with Gasteiger partial charge in [-0.2, -0.15) is 0 Å². The van der Waals surface area contributed by atoms with Crippen molar-refractivity contribution in [2.75, 3.05) is 0 Å². The first kappa shape index (κ1) is 10.1. The Bertz CT molecular complexity index is 314. The van der Waals surface area contributed by atoms with E-state index in [9.17, 15) is 4.79 Å². The van der Waals surface area contributed by atoms with E-state index in [1.165, 1.54) is 0 Å². The Labute approximate surface area is 82.0 Å². The number of hydrogen-bond donors (Lipinski definition) is 3. The molecule has 0 aliphatic heterocycles. The zero-order valence-corrected chi connectivity index (χ0v) is 7.87. The lowest BCUT2D eigenvalue weighted by molar-refractivity contribution is -0.138. The van der Waals surface area contributed by atoms with Crippen LogP contribution >= 0.6 is 12.6 Å². The van der Waals surface area contributed by atoms with Gasteiger partial charge in [0, 0.05) is 4.90 Å². The van der Waals surface area contributed by atoms with Crippen molar-refractivity contribution in [1.82, 2.24) is 0 Å². The average Bonchev–Trinajstić information content (AvgIpc) is 2.04. The lowest BCUT2D eigenvalue weighted by Crippen LogP contribution is -2.32. The zero-order chi connectivity index (χ0) is 9.84. The molecule has 0 amide bonds. The van der Waals surface area contributed by atoms with Crippen LogP contribution in [0.5, 0.6) is 0 Å². The molecule has 0 saturated carbocycles. The summed E-state index contributed by atoms with van der Waals surface area (Å²) in [5, 5.41) is 8.57. The molecule has 0 unspecified atom stereocenters. The van der Waals surface area contributed by atoms with Crippen molar-refractivity contribution in [2.45, 2.75) is 17.4 Å². The van der Waals surface area contributed by atoms with Gasteiger partial charge in [0.05, 0.1) is 0 Å². The van der Waals surface area contributed by atoms with Crippen LogP contribution in [0.15, 0.2) is 29.2 Å². The third kappa shape index (κ3) is 3.08. The van der Waals surface area contributed by atoms with Crippen LogP contribution in [0.2, 0.25) is 0 Å². The summed E-state index contributed by atoms with van der Waals surface area (Å²) in [6.07, 6.45) is 0.337. The number of hydrogen-bond acceptors (Lipinski definition) is 3. The number of thiol groups is 1. The van der Waals surface area contributed by atoms with Crippen molar-refractivity contribution in [2.24, 2.45) is 5.73 Å². The molecule has 0 heterocycles. The molecule has 0 spiro atoms. The monoisotopic (exact) mass is 197 g/mol. The topological polar surface area (TPSA) is 63.3 Å². The molecule has 0 radical (unpaired) electrons. The van der Waals surface area contributed by atoms with Gasteiger partial charge < -0.3 is 10.8 Å². The van der Waals surface area contributed by atoms with Crippen LogP contribution in [0.1, 0.15) is 5.56 Å². The maximum Gasteiger partial charge on any atom is 0.320 e. The fraction of sp³-hybridized carbons (Fsp3) is 0.222. The number of carboxylic acid groups (broad SMARTS) is 1. The summed E-state index contributed by atoms with van der Waals surface area (Å²) in [6, 6.07) is 6.47. The molecule has 3 N–H and O–H groups in total. The van der Waals surface area contributed by atoms with Crippen molar-refractivity contribution in [3.8, 4) is 0 Å². The van der Waals surface area contributed by atoms with E-state index in [-0.39, 0.29) is 0 Å². The first-order valence-electron chi connectivity index (χ1n) is 3.86. The quantitative estimate of drug-likeness (QED) is 0.632. The molecule has 70 valence electrons. The van der Waals surface area contributed by atoms with E-state index >= 15 is 0 Å². The van der Waals surface area contributed by atoms with Gasteiger partial charge in [0.2, 0.25) is 0 Å². The molecule has 0 bridgehead atoms. The predicted molar refractivity (Wildman–Crippen MR) is 53.0 cm³/mol.